The molecule has 0 aliphatic rings. The highest BCUT2D eigenvalue weighted by Gasteiger charge is 2.13. The molecule has 1 atom stereocenters. The molecule has 0 saturated carbocycles. The number of aromatic nitrogens is 2. The maximum absolute atomic E-state index is 12.3. The van der Waals surface area contributed by atoms with Gasteiger partial charge in [-0.25, -0.2) is 4.98 Å². The van der Waals surface area contributed by atoms with E-state index in [2.05, 4.69) is 10.3 Å². The summed E-state index contributed by atoms with van der Waals surface area (Å²) in [4.78, 5) is 27.0. The second-order valence-electron chi connectivity index (χ2n) is 7.09. The topological polar surface area (TPSA) is 119 Å². The van der Waals surface area contributed by atoms with E-state index in [-0.39, 0.29) is 18.1 Å². The predicted molar refractivity (Wildman–Crippen MR) is 116 cm³/mol. The van der Waals surface area contributed by atoms with Crippen molar-refractivity contribution in [3.8, 4) is 5.75 Å². The fraction of sp³-hybridized carbons (Fsp3) is 0.130. The van der Waals surface area contributed by atoms with Gasteiger partial charge in [0.15, 0.2) is 0 Å². The Morgan fingerprint density at radius 1 is 1.12 bits per heavy atom. The van der Waals surface area contributed by atoms with Gasteiger partial charge < -0.3 is 19.6 Å². The Morgan fingerprint density at radius 3 is 2.56 bits per heavy atom. The van der Waals surface area contributed by atoms with Gasteiger partial charge in [-0.15, -0.1) is 0 Å². The molecule has 4 aromatic rings. The molecular weight excluding hydrogens is 412 g/mol. The van der Waals surface area contributed by atoms with Gasteiger partial charge in [0.05, 0.1) is 16.7 Å². The number of carbonyl (C=O) groups excluding carboxylic acids is 1. The largest absolute Gasteiger partial charge is 0.487 e. The van der Waals surface area contributed by atoms with E-state index in [0.717, 1.165) is 11.3 Å². The molecule has 2 N–H and O–H groups in total. The monoisotopic (exact) mass is 432 g/mol. The van der Waals surface area contributed by atoms with Crippen molar-refractivity contribution in [2.75, 3.05) is 6.54 Å². The number of imidazole rings is 1. The second kappa shape index (κ2) is 9.27. The molecule has 0 aliphatic heterocycles. The highest BCUT2D eigenvalue weighted by atomic mass is 16.6. The molecule has 0 unspecified atom stereocenters. The summed E-state index contributed by atoms with van der Waals surface area (Å²) in [6, 6.07) is 17.9. The van der Waals surface area contributed by atoms with Crippen LogP contribution in [0, 0.1) is 10.1 Å². The maximum atomic E-state index is 12.3. The smallest absolute Gasteiger partial charge is 0.269 e. The number of aliphatic hydroxyl groups excluding tert-OH is 1. The van der Waals surface area contributed by atoms with E-state index in [1.54, 1.807) is 24.3 Å². The average Bonchev–Trinajstić information content (AvgIpc) is 3.24. The minimum atomic E-state index is -0.979. The van der Waals surface area contributed by atoms with Crippen molar-refractivity contribution in [3.63, 3.8) is 0 Å². The van der Waals surface area contributed by atoms with E-state index < -0.39 is 11.0 Å². The summed E-state index contributed by atoms with van der Waals surface area (Å²) in [5.74, 6) is 0.252. The molecule has 0 saturated heterocycles. The fourth-order valence-corrected chi connectivity index (χ4v) is 3.14. The molecule has 0 bridgehead atoms. The third-order valence-corrected chi connectivity index (χ3v) is 4.86. The van der Waals surface area contributed by atoms with E-state index in [4.69, 9.17) is 4.74 Å². The van der Waals surface area contributed by atoms with E-state index in [1.807, 2.05) is 35.0 Å². The van der Waals surface area contributed by atoms with Gasteiger partial charge in [-0.3, -0.25) is 14.9 Å². The van der Waals surface area contributed by atoms with E-state index in [1.165, 1.54) is 24.3 Å². The summed E-state index contributed by atoms with van der Waals surface area (Å²) in [6.07, 6.45) is 2.83. The third-order valence-electron chi connectivity index (χ3n) is 4.86. The summed E-state index contributed by atoms with van der Waals surface area (Å²) >= 11 is 0. The quantitative estimate of drug-likeness (QED) is 0.326. The van der Waals surface area contributed by atoms with Crippen LogP contribution in [0.4, 0.5) is 5.69 Å². The third kappa shape index (κ3) is 4.90. The number of amides is 1. The molecule has 9 heteroatoms. The van der Waals surface area contributed by atoms with Crippen molar-refractivity contribution in [3.05, 3.63) is 106 Å². The molecule has 1 amide bonds. The molecule has 4 rings (SSSR count). The summed E-state index contributed by atoms with van der Waals surface area (Å²) < 4.78 is 7.66. The first-order valence-corrected chi connectivity index (χ1v) is 9.86. The predicted octanol–water partition coefficient (Wildman–Crippen LogP) is 3.28. The molecule has 2 heterocycles. The van der Waals surface area contributed by atoms with Crippen LogP contribution in [-0.4, -0.2) is 31.9 Å². The number of hydrogen-bond acceptors (Lipinski definition) is 6. The first-order valence-electron chi connectivity index (χ1n) is 9.86. The Kier molecular flexibility index (Phi) is 6.09. The summed E-state index contributed by atoms with van der Waals surface area (Å²) in [7, 11) is 0. The number of nitro benzene ring substituents is 1. The van der Waals surface area contributed by atoms with Crippen molar-refractivity contribution in [2.24, 2.45) is 0 Å². The van der Waals surface area contributed by atoms with Crippen LogP contribution in [0.3, 0.4) is 0 Å². The zero-order valence-electron chi connectivity index (χ0n) is 16.9. The van der Waals surface area contributed by atoms with E-state index >= 15 is 0 Å². The first-order chi connectivity index (χ1) is 15.5. The zero-order valence-corrected chi connectivity index (χ0v) is 16.9. The lowest BCUT2D eigenvalue weighted by atomic mass is 10.1. The molecular formula is C23H20N4O5. The Bertz CT molecular complexity index is 1200. The van der Waals surface area contributed by atoms with Gasteiger partial charge >= 0.3 is 0 Å². The Hall–Kier alpha value is -4.24. The first kappa shape index (κ1) is 21.0. The number of rotatable bonds is 8. The molecule has 2 aromatic heterocycles. The fourth-order valence-electron chi connectivity index (χ4n) is 3.14. The number of ether oxygens (including phenoxy) is 1. The van der Waals surface area contributed by atoms with Gasteiger partial charge in [0.25, 0.3) is 11.6 Å². The van der Waals surface area contributed by atoms with Gasteiger partial charge in [-0.2, -0.15) is 0 Å². The van der Waals surface area contributed by atoms with Crippen molar-refractivity contribution in [1.29, 1.82) is 0 Å². The van der Waals surface area contributed by atoms with Crippen LogP contribution in [0.25, 0.3) is 5.65 Å². The van der Waals surface area contributed by atoms with Crippen LogP contribution < -0.4 is 10.1 Å². The van der Waals surface area contributed by atoms with Crippen molar-refractivity contribution in [2.45, 2.75) is 12.7 Å². The van der Waals surface area contributed by atoms with Crippen LogP contribution in [0.15, 0.2) is 79.1 Å². The lowest BCUT2D eigenvalue weighted by molar-refractivity contribution is -0.384. The minimum Gasteiger partial charge on any atom is -0.487 e. The number of pyridine rings is 1. The van der Waals surface area contributed by atoms with Gasteiger partial charge in [0, 0.05) is 36.6 Å². The number of nitrogens with zero attached hydrogens (tertiary/aromatic N) is 3. The van der Waals surface area contributed by atoms with Crippen LogP contribution >= 0.6 is 0 Å². The van der Waals surface area contributed by atoms with E-state index in [0.29, 0.717) is 23.5 Å². The number of aliphatic hydroxyl groups is 1. The molecule has 0 radical (unpaired) electrons. The highest BCUT2D eigenvalue weighted by molar-refractivity contribution is 5.94. The molecule has 9 nitrogen and oxygen atoms in total. The number of fused-ring (bicyclic) bond motifs is 1. The number of hydrogen-bond donors (Lipinski definition) is 2. The van der Waals surface area contributed by atoms with Gasteiger partial charge in [0.2, 0.25) is 0 Å². The van der Waals surface area contributed by atoms with Crippen LogP contribution in [-0.2, 0) is 6.61 Å². The van der Waals surface area contributed by atoms with E-state index in [9.17, 15) is 20.0 Å². The Morgan fingerprint density at radius 2 is 1.88 bits per heavy atom. The SMILES string of the molecule is O=C(NC[C@@H](O)c1ccc([N+](=O)[O-])cc1)c1ccc(OCc2cn3ccccc3n2)cc1. The van der Waals surface area contributed by atoms with Crippen LogP contribution in [0.5, 0.6) is 5.75 Å². The van der Waals surface area contributed by atoms with Gasteiger partial charge in [-0.05, 0) is 54.1 Å². The van der Waals surface area contributed by atoms with Crippen LogP contribution in [0.2, 0.25) is 0 Å². The number of non-ortho nitro benzene ring substituents is 1. The number of benzene rings is 2. The van der Waals surface area contributed by atoms with Crippen molar-refractivity contribution >= 4 is 17.2 Å². The minimum absolute atomic E-state index is 0.0250. The highest BCUT2D eigenvalue weighted by Crippen LogP contribution is 2.18. The molecule has 162 valence electrons. The number of carbonyl (C=O) groups is 1. The number of nitro groups is 1. The van der Waals surface area contributed by atoms with Crippen LogP contribution in [0.1, 0.15) is 27.7 Å². The normalized spacial score (nSPS) is 11.8. The zero-order chi connectivity index (χ0) is 22.5. The molecule has 32 heavy (non-hydrogen) atoms. The average molecular weight is 432 g/mol. The Balaban J connectivity index is 1.29. The standard InChI is InChI=1S/C23H20N4O5/c28-21(16-4-8-19(9-5-16)27(30)31)13-24-23(29)17-6-10-20(11-7-17)32-15-18-14-26-12-2-1-3-22(26)25-18/h1-12,14,21,28H,13,15H2,(H,24,29)/t21-/m1/s1. The summed E-state index contributed by atoms with van der Waals surface area (Å²) in [5, 5.41) is 23.6. The summed E-state index contributed by atoms with van der Waals surface area (Å²) in [5.41, 5.74) is 2.47. The number of nitrogens with one attached hydrogen (secondary N) is 1. The van der Waals surface area contributed by atoms with Gasteiger partial charge in [-0.1, -0.05) is 6.07 Å². The second-order valence-corrected chi connectivity index (χ2v) is 7.09. The Labute approximate surface area is 183 Å². The molecule has 0 spiro atoms. The van der Waals surface area contributed by atoms with Gasteiger partial charge in [0.1, 0.15) is 18.0 Å². The molecule has 2 aromatic carbocycles. The lowest BCUT2D eigenvalue weighted by Gasteiger charge is -2.12. The molecule has 0 aliphatic carbocycles. The van der Waals surface area contributed by atoms with Crippen molar-refractivity contribution in [1.82, 2.24) is 14.7 Å². The lowest BCUT2D eigenvalue weighted by Crippen LogP contribution is -2.28. The molecule has 0 fully saturated rings. The summed E-state index contributed by atoms with van der Waals surface area (Å²) in [6.45, 7) is 0.275. The van der Waals surface area contributed by atoms with Crippen molar-refractivity contribution < 1.29 is 19.6 Å². The maximum Gasteiger partial charge on any atom is 0.269 e.